The lowest BCUT2D eigenvalue weighted by atomic mass is 10.0. The minimum Gasteiger partial charge on any atom is -0.493 e. The first kappa shape index (κ1) is 10.6. The van der Waals surface area contributed by atoms with E-state index in [1.807, 2.05) is 24.3 Å². The summed E-state index contributed by atoms with van der Waals surface area (Å²) in [5.41, 5.74) is 1.18. The van der Waals surface area contributed by atoms with Crippen LogP contribution in [-0.4, -0.2) is 14.2 Å². The van der Waals surface area contributed by atoms with E-state index in [1.54, 1.807) is 14.2 Å². The summed E-state index contributed by atoms with van der Waals surface area (Å²) in [6.45, 7) is 5.85. The molecule has 1 atom stereocenters. The van der Waals surface area contributed by atoms with Crippen LogP contribution in [0.4, 0.5) is 0 Å². The van der Waals surface area contributed by atoms with Crippen LogP contribution in [0, 0.1) is 0 Å². The van der Waals surface area contributed by atoms with Crippen molar-refractivity contribution < 1.29 is 9.47 Å². The third-order valence-electron chi connectivity index (χ3n) is 2.29. The van der Waals surface area contributed by atoms with Gasteiger partial charge in [0.25, 0.3) is 0 Å². The lowest BCUT2D eigenvalue weighted by Gasteiger charge is -2.11. The SMILES string of the molecule is C=C[C@@H](C)c1ccc(OC)c(OC)c1. The third kappa shape index (κ3) is 2.08. The molecule has 0 heterocycles. The van der Waals surface area contributed by atoms with Crippen LogP contribution < -0.4 is 9.47 Å². The van der Waals surface area contributed by atoms with Gasteiger partial charge in [0.05, 0.1) is 14.2 Å². The van der Waals surface area contributed by atoms with Gasteiger partial charge in [-0.05, 0) is 23.6 Å². The van der Waals surface area contributed by atoms with Crippen molar-refractivity contribution in [2.75, 3.05) is 14.2 Å². The predicted octanol–water partition coefficient (Wildman–Crippen LogP) is 2.99. The van der Waals surface area contributed by atoms with Crippen molar-refractivity contribution in [2.24, 2.45) is 0 Å². The van der Waals surface area contributed by atoms with Crippen LogP contribution in [0.1, 0.15) is 18.4 Å². The summed E-state index contributed by atoms with van der Waals surface area (Å²) in [5.74, 6) is 1.85. The molecule has 0 aromatic heterocycles. The Bertz CT molecular complexity index is 318. The zero-order valence-corrected chi connectivity index (χ0v) is 8.91. The van der Waals surface area contributed by atoms with Gasteiger partial charge in [-0.15, -0.1) is 6.58 Å². The van der Waals surface area contributed by atoms with E-state index in [0.29, 0.717) is 5.92 Å². The van der Waals surface area contributed by atoms with Crippen molar-refractivity contribution in [1.82, 2.24) is 0 Å². The summed E-state index contributed by atoms with van der Waals surface area (Å²) in [5, 5.41) is 0. The van der Waals surface area contributed by atoms with Crippen molar-refractivity contribution in [1.29, 1.82) is 0 Å². The Balaban J connectivity index is 3.06. The van der Waals surface area contributed by atoms with Crippen molar-refractivity contribution in [3.8, 4) is 11.5 Å². The molecule has 1 aromatic rings. The molecule has 0 amide bonds. The van der Waals surface area contributed by atoms with E-state index in [-0.39, 0.29) is 0 Å². The highest BCUT2D eigenvalue weighted by molar-refractivity contribution is 5.44. The molecular formula is C12H16O2. The fourth-order valence-corrected chi connectivity index (χ4v) is 1.27. The summed E-state index contributed by atoms with van der Waals surface area (Å²) >= 11 is 0. The number of rotatable bonds is 4. The van der Waals surface area contributed by atoms with E-state index in [1.165, 1.54) is 5.56 Å². The highest BCUT2D eigenvalue weighted by Gasteiger charge is 2.07. The molecule has 0 radical (unpaired) electrons. The van der Waals surface area contributed by atoms with Crippen LogP contribution >= 0.6 is 0 Å². The predicted molar refractivity (Wildman–Crippen MR) is 58.2 cm³/mol. The van der Waals surface area contributed by atoms with Crippen LogP contribution in [-0.2, 0) is 0 Å². The van der Waals surface area contributed by atoms with Crippen molar-refractivity contribution >= 4 is 0 Å². The molecule has 0 saturated carbocycles. The highest BCUT2D eigenvalue weighted by atomic mass is 16.5. The van der Waals surface area contributed by atoms with E-state index in [0.717, 1.165) is 11.5 Å². The fourth-order valence-electron chi connectivity index (χ4n) is 1.27. The summed E-state index contributed by atoms with van der Waals surface area (Å²) in [7, 11) is 3.27. The molecule has 0 saturated heterocycles. The van der Waals surface area contributed by atoms with Gasteiger partial charge in [-0.3, -0.25) is 0 Å². The van der Waals surface area contributed by atoms with Gasteiger partial charge in [0.15, 0.2) is 11.5 Å². The normalized spacial score (nSPS) is 11.9. The molecule has 0 fully saturated rings. The number of methoxy groups -OCH3 is 2. The van der Waals surface area contributed by atoms with Crippen LogP contribution in [0.15, 0.2) is 30.9 Å². The summed E-state index contributed by atoms with van der Waals surface area (Å²) in [6, 6.07) is 5.91. The van der Waals surface area contributed by atoms with Crippen LogP contribution in [0.2, 0.25) is 0 Å². The standard InChI is InChI=1S/C12H16O2/c1-5-9(2)10-6-7-11(13-3)12(8-10)14-4/h5-9H,1H2,2-4H3/t9-/m1/s1. The molecule has 0 spiro atoms. The van der Waals surface area contributed by atoms with Gasteiger partial charge in [0.2, 0.25) is 0 Å². The maximum absolute atomic E-state index is 5.21. The topological polar surface area (TPSA) is 18.5 Å². The van der Waals surface area contributed by atoms with Gasteiger partial charge in [-0.2, -0.15) is 0 Å². The van der Waals surface area contributed by atoms with Gasteiger partial charge in [-0.25, -0.2) is 0 Å². The number of allylic oxidation sites excluding steroid dienone is 1. The molecule has 14 heavy (non-hydrogen) atoms. The van der Waals surface area contributed by atoms with Gasteiger partial charge in [0, 0.05) is 0 Å². The monoisotopic (exact) mass is 192 g/mol. The molecule has 0 unspecified atom stereocenters. The largest absolute Gasteiger partial charge is 0.493 e. The lowest BCUT2D eigenvalue weighted by molar-refractivity contribution is 0.354. The molecule has 0 N–H and O–H groups in total. The second-order valence-corrected chi connectivity index (χ2v) is 3.14. The molecule has 2 heteroatoms. The minimum absolute atomic E-state index is 0.329. The third-order valence-corrected chi connectivity index (χ3v) is 2.29. The molecule has 2 nitrogen and oxygen atoms in total. The summed E-state index contributed by atoms with van der Waals surface area (Å²) < 4.78 is 10.4. The number of hydrogen-bond donors (Lipinski definition) is 0. The first-order chi connectivity index (χ1) is 6.72. The Labute approximate surface area is 85.2 Å². The quantitative estimate of drug-likeness (QED) is 0.683. The maximum Gasteiger partial charge on any atom is 0.161 e. The molecule has 0 aliphatic carbocycles. The van der Waals surface area contributed by atoms with E-state index >= 15 is 0 Å². The minimum atomic E-state index is 0.329. The Kier molecular flexibility index (Phi) is 3.57. The first-order valence-corrected chi connectivity index (χ1v) is 4.57. The van der Waals surface area contributed by atoms with E-state index in [9.17, 15) is 0 Å². The molecule has 1 aromatic carbocycles. The summed E-state index contributed by atoms with van der Waals surface area (Å²) in [4.78, 5) is 0. The second kappa shape index (κ2) is 4.70. The summed E-state index contributed by atoms with van der Waals surface area (Å²) in [6.07, 6.45) is 1.90. The number of benzene rings is 1. The molecule has 1 rings (SSSR count). The van der Waals surface area contributed by atoms with Crippen LogP contribution in [0.3, 0.4) is 0 Å². The van der Waals surface area contributed by atoms with Crippen LogP contribution in [0.5, 0.6) is 11.5 Å². The van der Waals surface area contributed by atoms with Gasteiger partial charge < -0.3 is 9.47 Å². The molecule has 0 bridgehead atoms. The van der Waals surface area contributed by atoms with E-state index in [2.05, 4.69) is 13.5 Å². The van der Waals surface area contributed by atoms with E-state index < -0.39 is 0 Å². The van der Waals surface area contributed by atoms with Crippen molar-refractivity contribution in [3.05, 3.63) is 36.4 Å². The molecule has 0 aliphatic rings. The average Bonchev–Trinajstić information content (AvgIpc) is 2.26. The highest BCUT2D eigenvalue weighted by Crippen LogP contribution is 2.30. The van der Waals surface area contributed by atoms with Crippen LogP contribution in [0.25, 0.3) is 0 Å². The van der Waals surface area contributed by atoms with E-state index in [4.69, 9.17) is 9.47 Å². The maximum atomic E-state index is 5.21. The van der Waals surface area contributed by atoms with Gasteiger partial charge in [-0.1, -0.05) is 19.1 Å². The van der Waals surface area contributed by atoms with Crippen molar-refractivity contribution in [3.63, 3.8) is 0 Å². The lowest BCUT2D eigenvalue weighted by Crippen LogP contribution is -1.94. The Hall–Kier alpha value is -1.44. The molecular weight excluding hydrogens is 176 g/mol. The Morgan fingerprint density at radius 2 is 1.86 bits per heavy atom. The number of ether oxygens (including phenoxy) is 2. The van der Waals surface area contributed by atoms with Crippen molar-refractivity contribution in [2.45, 2.75) is 12.8 Å². The first-order valence-electron chi connectivity index (χ1n) is 4.57. The number of hydrogen-bond acceptors (Lipinski definition) is 2. The Morgan fingerprint density at radius 1 is 1.21 bits per heavy atom. The molecule has 76 valence electrons. The van der Waals surface area contributed by atoms with Gasteiger partial charge >= 0.3 is 0 Å². The molecule has 0 aliphatic heterocycles. The Morgan fingerprint density at radius 3 is 2.36 bits per heavy atom. The smallest absolute Gasteiger partial charge is 0.161 e. The average molecular weight is 192 g/mol. The second-order valence-electron chi connectivity index (χ2n) is 3.14. The fraction of sp³-hybridized carbons (Fsp3) is 0.333. The van der Waals surface area contributed by atoms with Gasteiger partial charge in [0.1, 0.15) is 0 Å². The zero-order chi connectivity index (χ0) is 10.6. The zero-order valence-electron chi connectivity index (χ0n) is 8.91.